The van der Waals surface area contributed by atoms with Crippen LogP contribution >= 0.6 is 23.1 Å². The predicted molar refractivity (Wildman–Crippen MR) is 99.4 cm³/mol. The maximum absolute atomic E-state index is 12.4. The Labute approximate surface area is 146 Å². The van der Waals surface area contributed by atoms with Crippen LogP contribution < -0.4 is 0 Å². The fourth-order valence-corrected chi connectivity index (χ4v) is 4.52. The fraction of sp³-hybridized carbons (Fsp3) is 0.471. The van der Waals surface area contributed by atoms with Gasteiger partial charge < -0.3 is 4.90 Å². The second-order valence-corrected chi connectivity index (χ2v) is 7.86. The van der Waals surface area contributed by atoms with Gasteiger partial charge in [-0.25, -0.2) is 9.97 Å². The van der Waals surface area contributed by atoms with Crippen molar-refractivity contribution < 1.29 is 4.79 Å². The average Bonchev–Trinajstić information content (AvgIpc) is 2.76. The molecule has 0 unspecified atom stereocenters. The highest BCUT2D eigenvalue weighted by Gasteiger charge is 2.17. The number of aromatic nitrogens is 2. The molecule has 0 saturated carbocycles. The predicted octanol–water partition coefficient (Wildman–Crippen LogP) is 4.13. The van der Waals surface area contributed by atoms with E-state index in [2.05, 4.69) is 30.4 Å². The van der Waals surface area contributed by atoms with Gasteiger partial charge in [-0.1, -0.05) is 23.9 Å². The Hall–Kier alpha value is -1.40. The van der Waals surface area contributed by atoms with E-state index in [1.165, 1.54) is 22.2 Å². The summed E-state index contributed by atoms with van der Waals surface area (Å²) in [4.78, 5) is 25.6. The monoisotopic (exact) mass is 349 g/mol. The number of carbonyl (C=O) groups excluding carboxylic acids is 1. The molecule has 0 spiro atoms. The first-order valence-corrected chi connectivity index (χ1v) is 9.43. The molecule has 2 aromatic rings. The van der Waals surface area contributed by atoms with Gasteiger partial charge in [0.1, 0.15) is 15.7 Å². The van der Waals surface area contributed by atoms with E-state index in [4.69, 9.17) is 0 Å². The number of fused-ring (bicyclic) bond motifs is 1. The van der Waals surface area contributed by atoms with Crippen LogP contribution in [0.4, 0.5) is 0 Å². The van der Waals surface area contributed by atoms with E-state index in [0.29, 0.717) is 18.8 Å². The number of rotatable bonds is 6. The van der Waals surface area contributed by atoms with E-state index >= 15 is 0 Å². The van der Waals surface area contributed by atoms with E-state index in [1.807, 2.05) is 25.7 Å². The van der Waals surface area contributed by atoms with Crippen molar-refractivity contribution in [2.45, 2.75) is 39.6 Å². The van der Waals surface area contributed by atoms with Crippen molar-refractivity contribution in [1.82, 2.24) is 14.9 Å². The molecule has 0 aliphatic heterocycles. The zero-order chi connectivity index (χ0) is 17.1. The minimum atomic E-state index is 0.120. The molecular formula is C17H23N3OS2. The van der Waals surface area contributed by atoms with Crippen molar-refractivity contribution >= 4 is 39.2 Å². The molecule has 124 valence electrons. The molecule has 0 saturated heterocycles. The highest BCUT2D eigenvalue weighted by molar-refractivity contribution is 8.00. The summed E-state index contributed by atoms with van der Waals surface area (Å²) in [6.07, 6.45) is 0. The summed E-state index contributed by atoms with van der Waals surface area (Å²) >= 11 is 3.19. The molecule has 2 aromatic heterocycles. The van der Waals surface area contributed by atoms with Gasteiger partial charge in [0.15, 0.2) is 0 Å². The van der Waals surface area contributed by atoms with Crippen molar-refractivity contribution in [2.75, 3.05) is 18.8 Å². The largest absolute Gasteiger partial charge is 0.338 e. The van der Waals surface area contributed by atoms with E-state index in [-0.39, 0.29) is 5.91 Å². The van der Waals surface area contributed by atoms with Gasteiger partial charge in [0.05, 0.1) is 5.75 Å². The van der Waals surface area contributed by atoms with Gasteiger partial charge in [-0.2, -0.15) is 0 Å². The van der Waals surface area contributed by atoms with Crippen molar-refractivity contribution in [3.63, 3.8) is 0 Å². The quantitative estimate of drug-likeness (QED) is 0.447. The Morgan fingerprint density at radius 1 is 1.30 bits per heavy atom. The lowest BCUT2D eigenvalue weighted by molar-refractivity contribution is -0.127. The maximum Gasteiger partial charge on any atom is 0.233 e. The lowest BCUT2D eigenvalue weighted by atomic mass is 10.2. The first-order chi connectivity index (χ1) is 10.8. The number of hydrogen-bond acceptors (Lipinski definition) is 5. The van der Waals surface area contributed by atoms with Crippen molar-refractivity contribution in [2.24, 2.45) is 0 Å². The van der Waals surface area contributed by atoms with Crippen molar-refractivity contribution in [3.05, 3.63) is 28.4 Å². The second-order valence-electron chi connectivity index (χ2n) is 5.69. The van der Waals surface area contributed by atoms with Gasteiger partial charge in [-0.15, -0.1) is 11.3 Å². The number of thiophene rings is 1. The summed E-state index contributed by atoms with van der Waals surface area (Å²) in [5, 5.41) is 2.01. The van der Waals surface area contributed by atoms with Crippen molar-refractivity contribution in [1.29, 1.82) is 0 Å². The summed E-state index contributed by atoms with van der Waals surface area (Å²) in [6.45, 7) is 15.2. The van der Waals surface area contributed by atoms with Crippen LogP contribution in [0.15, 0.2) is 17.2 Å². The molecular weight excluding hydrogens is 326 g/mol. The number of carbonyl (C=O) groups is 1. The standard InChI is InChI=1S/C17H23N3OS2/c1-7-20(8-10(2)3)14(21)9-22-16-15-11(4)12(5)23-17(15)19-13(6)18-16/h2,7-9H2,1,3-6H3. The molecule has 0 aliphatic carbocycles. The molecule has 2 rings (SSSR count). The molecule has 0 bridgehead atoms. The first kappa shape index (κ1) is 17.9. The van der Waals surface area contributed by atoms with E-state index < -0.39 is 0 Å². The third-order valence-electron chi connectivity index (χ3n) is 3.63. The summed E-state index contributed by atoms with van der Waals surface area (Å²) in [5.41, 5.74) is 2.21. The van der Waals surface area contributed by atoms with E-state index in [0.717, 1.165) is 26.6 Å². The average molecular weight is 350 g/mol. The highest BCUT2D eigenvalue weighted by atomic mass is 32.2. The van der Waals surface area contributed by atoms with Crippen molar-refractivity contribution in [3.8, 4) is 0 Å². The zero-order valence-corrected chi connectivity index (χ0v) is 16.0. The van der Waals surface area contributed by atoms with Crippen LogP contribution in [0.1, 0.15) is 30.1 Å². The molecule has 0 aromatic carbocycles. The lowest BCUT2D eigenvalue weighted by Crippen LogP contribution is -2.33. The van der Waals surface area contributed by atoms with Crippen LogP contribution in [0, 0.1) is 20.8 Å². The van der Waals surface area contributed by atoms with Gasteiger partial charge in [0, 0.05) is 23.4 Å². The summed E-state index contributed by atoms with van der Waals surface area (Å²) in [5.74, 6) is 1.26. The molecule has 2 heterocycles. The molecule has 23 heavy (non-hydrogen) atoms. The number of hydrogen-bond donors (Lipinski definition) is 0. The molecule has 0 atom stereocenters. The molecule has 4 nitrogen and oxygen atoms in total. The van der Waals surface area contributed by atoms with Gasteiger partial charge in [-0.3, -0.25) is 4.79 Å². The minimum absolute atomic E-state index is 0.120. The second kappa shape index (κ2) is 7.45. The Balaban J connectivity index is 2.22. The molecule has 0 fully saturated rings. The Morgan fingerprint density at radius 3 is 2.61 bits per heavy atom. The van der Waals surface area contributed by atoms with Crippen LogP contribution in [0.3, 0.4) is 0 Å². The summed E-state index contributed by atoms with van der Waals surface area (Å²) in [6, 6.07) is 0. The topological polar surface area (TPSA) is 46.1 Å². The zero-order valence-electron chi connectivity index (χ0n) is 14.4. The number of thioether (sulfide) groups is 1. The van der Waals surface area contributed by atoms with Crippen LogP contribution in [0.2, 0.25) is 0 Å². The SMILES string of the molecule is C=C(C)CN(CC)C(=O)CSc1nc(C)nc2sc(C)c(C)c12. The Morgan fingerprint density at radius 2 is 2.00 bits per heavy atom. The van der Waals surface area contributed by atoms with Gasteiger partial charge in [0.25, 0.3) is 0 Å². The smallest absolute Gasteiger partial charge is 0.233 e. The molecule has 0 N–H and O–H groups in total. The van der Waals surface area contributed by atoms with Crippen LogP contribution in [0.25, 0.3) is 10.2 Å². The Kier molecular flexibility index (Phi) is 5.81. The highest BCUT2D eigenvalue weighted by Crippen LogP contribution is 2.35. The fourth-order valence-electron chi connectivity index (χ4n) is 2.34. The normalized spacial score (nSPS) is 11.0. The third kappa shape index (κ3) is 4.12. The minimum Gasteiger partial charge on any atom is -0.338 e. The number of amides is 1. The summed E-state index contributed by atoms with van der Waals surface area (Å²) in [7, 11) is 0. The van der Waals surface area contributed by atoms with Crippen LogP contribution in [-0.4, -0.2) is 39.6 Å². The van der Waals surface area contributed by atoms with Gasteiger partial charge in [-0.05, 0) is 40.2 Å². The third-order valence-corrected chi connectivity index (χ3v) is 5.70. The molecule has 1 amide bonds. The first-order valence-electron chi connectivity index (χ1n) is 7.62. The number of aryl methyl sites for hydroxylation is 3. The number of likely N-dealkylation sites (N-methyl/N-ethyl adjacent to an activating group) is 1. The van der Waals surface area contributed by atoms with Crippen LogP contribution in [-0.2, 0) is 4.79 Å². The molecule has 6 heteroatoms. The summed E-state index contributed by atoms with van der Waals surface area (Å²) < 4.78 is 0. The van der Waals surface area contributed by atoms with Gasteiger partial charge in [0.2, 0.25) is 5.91 Å². The van der Waals surface area contributed by atoms with E-state index in [9.17, 15) is 4.79 Å². The Bertz CT molecular complexity index is 752. The lowest BCUT2D eigenvalue weighted by Gasteiger charge is -2.20. The maximum atomic E-state index is 12.4. The van der Waals surface area contributed by atoms with Crippen LogP contribution in [0.5, 0.6) is 0 Å². The molecule has 0 aliphatic rings. The number of nitrogens with zero attached hydrogens (tertiary/aromatic N) is 3. The van der Waals surface area contributed by atoms with Gasteiger partial charge >= 0.3 is 0 Å². The van der Waals surface area contributed by atoms with E-state index in [1.54, 1.807) is 11.3 Å². The molecule has 0 radical (unpaired) electrons.